The summed E-state index contributed by atoms with van der Waals surface area (Å²) in [7, 11) is 0. The summed E-state index contributed by atoms with van der Waals surface area (Å²) in [5, 5.41) is 6.99. The van der Waals surface area contributed by atoms with E-state index in [9.17, 15) is 0 Å². The van der Waals surface area contributed by atoms with Crippen LogP contribution in [0.25, 0.3) is 0 Å². The van der Waals surface area contributed by atoms with Crippen molar-refractivity contribution in [3.8, 4) is 0 Å². The second kappa shape index (κ2) is 8.36. The van der Waals surface area contributed by atoms with E-state index in [1.807, 2.05) is 0 Å². The average molecular weight is 323 g/mol. The molecule has 2 N–H and O–H groups in total. The zero-order chi connectivity index (χ0) is 16.9. The molecule has 0 amide bonds. The molecular weight excluding hydrogens is 284 g/mol. The summed E-state index contributed by atoms with van der Waals surface area (Å²) >= 11 is 0. The van der Waals surface area contributed by atoms with Crippen molar-refractivity contribution >= 4 is 5.96 Å². The van der Waals surface area contributed by atoms with Crippen molar-refractivity contribution in [2.45, 2.75) is 78.8 Å². The third-order valence-electron chi connectivity index (χ3n) is 4.94. The molecule has 0 radical (unpaired) electrons. The highest BCUT2D eigenvalue weighted by molar-refractivity contribution is 5.80. The standard InChI is InChI=1S/C19H38N4/c1-6-20-18(22-15(2)9-11-19(3,4)5)21-13-16-10-12-23(14-16)17-7-8-17/h15-17H,6-14H2,1-5H3,(H2,20,21,22). The van der Waals surface area contributed by atoms with E-state index in [1.54, 1.807) is 0 Å². The monoisotopic (exact) mass is 322 g/mol. The SMILES string of the molecule is CCNC(=NCC1CCN(C2CC2)C1)NC(C)CCC(C)(C)C. The molecule has 0 aromatic heterocycles. The summed E-state index contributed by atoms with van der Waals surface area (Å²) in [4.78, 5) is 7.53. The molecule has 0 aromatic rings. The van der Waals surface area contributed by atoms with Gasteiger partial charge in [-0.15, -0.1) is 0 Å². The van der Waals surface area contributed by atoms with Gasteiger partial charge in [0.15, 0.2) is 5.96 Å². The van der Waals surface area contributed by atoms with Gasteiger partial charge in [-0.05, 0) is 63.8 Å². The molecule has 2 unspecified atom stereocenters. The Hall–Kier alpha value is -0.770. The molecule has 23 heavy (non-hydrogen) atoms. The number of nitrogens with zero attached hydrogens (tertiary/aromatic N) is 2. The Balaban J connectivity index is 1.75. The lowest BCUT2D eigenvalue weighted by Gasteiger charge is -2.23. The topological polar surface area (TPSA) is 39.7 Å². The van der Waals surface area contributed by atoms with Crippen LogP contribution in [0.5, 0.6) is 0 Å². The van der Waals surface area contributed by atoms with Gasteiger partial charge in [0.1, 0.15) is 0 Å². The molecule has 2 aliphatic rings. The van der Waals surface area contributed by atoms with Gasteiger partial charge in [0, 0.05) is 31.7 Å². The molecule has 2 rings (SSSR count). The zero-order valence-corrected chi connectivity index (χ0v) is 16.0. The maximum Gasteiger partial charge on any atom is 0.191 e. The van der Waals surface area contributed by atoms with Crippen molar-refractivity contribution < 1.29 is 0 Å². The zero-order valence-electron chi connectivity index (χ0n) is 16.0. The highest BCUT2D eigenvalue weighted by atomic mass is 15.2. The number of nitrogens with one attached hydrogen (secondary N) is 2. The fourth-order valence-electron chi connectivity index (χ4n) is 3.28. The normalized spacial score (nSPS) is 24.7. The first-order valence-corrected chi connectivity index (χ1v) is 9.66. The minimum atomic E-state index is 0.404. The van der Waals surface area contributed by atoms with Gasteiger partial charge in [0.05, 0.1) is 0 Å². The summed E-state index contributed by atoms with van der Waals surface area (Å²) in [6.07, 6.45) is 6.59. The third-order valence-corrected chi connectivity index (χ3v) is 4.94. The molecule has 0 spiro atoms. The lowest BCUT2D eigenvalue weighted by Crippen LogP contribution is -2.42. The van der Waals surface area contributed by atoms with E-state index in [1.165, 1.54) is 45.2 Å². The van der Waals surface area contributed by atoms with Gasteiger partial charge in [-0.1, -0.05) is 20.8 Å². The summed E-state index contributed by atoms with van der Waals surface area (Å²) < 4.78 is 0. The van der Waals surface area contributed by atoms with Crippen LogP contribution in [-0.2, 0) is 0 Å². The fourth-order valence-corrected chi connectivity index (χ4v) is 3.28. The van der Waals surface area contributed by atoms with Crippen molar-refractivity contribution in [1.29, 1.82) is 0 Å². The second-order valence-electron chi connectivity index (χ2n) is 8.75. The summed E-state index contributed by atoms with van der Waals surface area (Å²) in [6, 6.07) is 1.38. The van der Waals surface area contributed by atoms with Crippen LogP contribution in [0.2, 0.25) is 0 Å². The molecule has 4 nitrogen and oxygen atoms in total. The van der Waals surface area contributed by atoms with Gasteiger partial charge < -0.3 is 15.5 Å². The van der Waals surface area contributed by atoms with Crippen molar-refractivity contribution in [3.05, 3.63) is 0 Å². The fraction of sp³-hybridized carbons (Fsp3) is 0.947. The number of likely N-dealkylation sites (tertiary alicyclic amines) is 1. The Labute approximate surface area is 143 Å². The minimum absolute atomic E-state index is 0.404. The number of guanidine groups is 1. The molecule has 1 saturated carbocycles. The van der Waals surface area contributed by atoms with Gasteiger partial charge in [-0.25, -0.2) is 0 Å². The first-order chi connectivity index (χ1) is 10.9. The highest BCUT2D eigenvalue weighted by Gasteiger charge is 2.34. The van der Waals surface area contributed by atoms with Crippen molar-refractivity contribution in [1.82, 2.24) is 15.5 Å². The van der Waals surface area contributed by atoms with E-state index in [-0.39, 0.29) is 0 Å². The molecule has 1 heterocycles. The Morgan fingerprint density at radius 1 is 1.26 bits per heavy atom. The van der Waals surface area contributed by atoms with Crippen LogP contribution >= 0.6 is 0 Å². The Morgan fingerprint density at radius 2 is 2.00 bits per heavy atom. The lowest BCUT2D eigenvalue weighted by atomic mass is 9.89. The second-order valence-corrected chi connectivity index (χ2v) is 8.75. The van der Waals surface area contributed by atoms with Gasteiger partial charge in [-0.3, -0.25) is 4.99 Å². The maximum atomic E-state index is 4.86. The van der Waals surface area contributed by atoms with E-state index >= 15 is 0 Å². The Kier molecular flexibility index (Phi) is 6.75. The molecule has 0 bridgehead atoms. The van der Waals surface area contributed by atoms with Crippen LogP contribution in [-0.4, -0.2) is 49.1 Å². The predicted octanol–water partition coefficient (Wildman–Crippen LogP) is 3.24. The quantitative estimate of drug-likeness (QED) is 0.558. The van der Waals surface area contributed by atoms with Crippen LogP contribution in [0.15, 0.2) is 4.99 Å². The molecule has 1 aliphatic carbocycles. The molecule has 2 fully saturated rings. The number of aliphatic imine (C=N–C) groups is 1. The number of hydrogen-bond donors (Lipinski definition) is 2. The van der Waals surface area contributed by atoms with Crippen LogP contribution in [0.3, 0.4) is 0 Å². The number of rotatable bonds is 7. The minimum Gasteiger partial charge on any atom is -0.357 e. The van der Waals surface area contributed by atoms with E-state index in [0.29, 0.717) is 11.5 Å². The van der Waals surface area contributed by atoms with Gasteiger partial charge in [0.25, 0.3) is 0 Å². The number of hydrogen-bond acceptors (Lipinski definition) is 2. The first kappa shape index (κ1) is 18.6. The predicted molar refractivity (Wildman–Crippen MR) is 100.0 cm³/mol. The van der Waals surface area contributed by atoms with Gasteiger partial charge >= 0.3 is 0 Å². The molecule has 134 valence electrons. The van der Waals surface area contributed by atoms with Crippen LogP contribution in [0, 0.1) is 11.3 Å². The van der Waals surface area contributed by atoms with Crippen LogP contribution < -0.4 is 10.6 Å². The summed E-state index contributed by atoms with van der Waals surface area (Å²) in [5.74, 6) is 1.75. The highest BCUT2D eigenvalue weighted by Crippen LogP contribution is 2.31. The van der Waals surface area contributed by atoms with E-state index in [0.717, 1.165) is 31.0 Å². The van der Waals surface area contributed by atoms with Crippen LogP contribution in [0.4, 0.5) is 0 Å². The van der Waals surface area contributed by atoms with E-state index < -0.39 is 0 Å². The first-order valence-electron chi connectivity index (χ1n) is 9.66. The lowest BCUT2D eigenvalue weighted by molar-refractivity contribution is 0.315. The van der Waals surface area contributed by atoms with Crippen molar-refractivity contribution in [3.63, 3.8) is 0 Å². The smallest absolute Gasteiger partial charge is 0.191 e. The van der Waals surface area contributed by atoms with Gasteiger partial charge in [-0.2, -0.15) is 0 Å². The van der Waals surface area contributed by atoms with Crippen molar-refractivity contribution in [2.24, 2.45) is 16.3 Å². The molecule has 1 aliphatic heterocycles. The van der Waals surface area contributed by atoms with Crippen molar-refractivity contribution in [2.75, 3.05) is 26.2 Å². The van der Waals surface area contributed by atoms with Gasteiger partial charge in [0.2, 0.25) is 0 Å². The molecule has 2 atom stereocenters. The Morgan fingerprint density at radius 3 is 2.61 bits per heavy atom. The molecule has 1 saturated heterocycles. The largest absolute Gasteiger partial charge is 0.357 e. The summed E-state index contributed by atoms with van der Waals surface area (Å²) in [6.45, 7) is 15.8. The molecular formula is C19H38N4. The van der Waals surface area contributed by atoms with E-state index in [4.69, 9.17) is 4.99 Å². The molecule has 4 heteroatoms. The Bertz CT molecular complexity index is 381. The molecule has 0 aromatic carbocycles. The van der Waals surface area contributed by atoms with Crippen LogP contribution in [0.1, 0.15) is 66.7 Å². The maximum absolute atomic E-state index is 4.86. The third kappa shape index (κ3) is 7.11. The van der Waals surface area contributed by atoms with E-state index in [2.05, 4.69) is 50.2 Å². The summed E-state index contributed by atoms with van der Waals surface area (Å²) in [5.41, 5.74) is 0.404. The average Bonchev–Trinajstić information content (AvgIpc) is 3.21.